The molecule has 0 fully saturated rings. The first kappa shape index (κ1) is 15.5. The predicted molar refractivity (Wildman–Crippen MR) is 82.1 cm³/mol. The van der Waals surface area contributed by atoms with Crippen molar-refractivity contribution >= 4 is 11.5 Å². The topological polar surface area (TPSA) is 90.4 Å². The number of rotatable bonds is 4. The Hall–Kier alpha value is -2.90. The molecule has 1 aromatic carbocycles. The normalized spacial score (nSPS) is 10.5. The summed E-state index contributed by atoms with van der Waals surface area (Å²) >= 11 is 0. The zero-order chi connectivity index (χ0) is 16.4. The van der Waals surface area contributed by atoms with Crippen LogP contribution in [0.1, 0.15) is 5.56 Å². The summed E-state index contributed by atoms with van der Waals surface area (Å²) in [7, 11) is 4.23. The molecule has 0 N–H and O–H groups in total. The van der Waals surface area contributed by atoms with Crippen molar-refractivity contribution in [2.45, 2.75) is 6.54 Å². The molecule has 0 aliphatic carbocycles. The molecule has 0 saturated heterocycles. The van der Waals surface area contributed by atoms with E-state index in [2.05, 4.69) is 0 Å². The zero-order valence-electron chi connectivity index (χ0n) is 12.5. The van der Waals surface area contributed by atoms with E-state index in [1.807, 2.05) is 30.3 Å². The van der Waals surface area contributed by atoms with E-state index in [9.17, 15) is 19.7 Å². The third kappa shape index (κ3) is 2.62. The smallest absolute Gasteiger partial charge is 0.351 e. The Labute approximate surface area is 126 Å². The number of hydrogen-bond donors (Lipinski definition) is 0. The maximum absolute atomic E-state index is 12.0. The van der Waals surface area contributed by atoms with Crippen LogP contribution in [-0.2, 0) is 20.6 Å². The van der Waals surface area contributed by atoms with Crippen LogP contribution >= 0.6 is 0 Å². The molecule has 0 amide bonds. The van der Waals surface area contributed by atoms with Crippen molar-refractivity contribution in [1.29, 1.82) is 0 Å². The molecule has 1 aromatic heterocycles. The fourth-order valence-corrected chi connectivity index (χ4v) is 2.34. The predicted octanol–water partition coefficient (Wildman–Crippen LogP) is 0.629. The number of hydrogen-bond acceptors (Lipinski definition) is 5. The summed E-state index contributed by atoms with van der Waals surface area (Å²) in [5.74, 6) is -0.0121. The molecule has 8 nitrogen and oxygen atoms in total. The van der Waals surface area contributed by atoms with Gasteiger partial charge in [0.2, 0.25) is 0 Å². The van der Waals surface area contributed by atoms with E-state index in [1.165, 1.54) is 19.0 Å². The van der Waals surface area contributed by atoms with Gasteiger partial charge in [0.05, 0.1) is 4.92 Å². The summed E-state index contributed by atoms with van der Waals surface area (Å²) in [6.07, 6.45) is 0. The van der Waals surface area contributed by atoms with Crippen molar-refractivity contribution in [1.82, 2.24) is 9.13 Å². The molecule has 0 aliphatic rings. The van der Waals surface area contributed by atoms with Crippen LogP contribution in [0.5, 0.6) is 0 Å². The maximum Gasteiger partial charge on any atom is 0.374 e. The largest absolute Gasteiger partial charge is 0.374 e. The maximum atomic E-state index is 12.0. The summed E-state index contributed by atoms with van der Waals surface area (Å²) in [4.78, 5) is 36.1. The van der Waals surface area contributed by atoms with Gasteiger partial charge in [0, 0.05) is 27.7 Å². The number of benzene rings is 1. The molecule has 1 heterocycles. The van der Waals surface area contributed by atoms with Gasteiger partial charge in [-0.1, -0.05) is 30.3 Å². The van der Waals surface area contributed by atoms with Gasteiger partial charge in [-0.2, -0.15) is 0 Å². The number of aromatic nitrogens is 2. The molecule has 0 spiro atoms. The minimum atomic E-state index is -0.914. The molecule has 0 unspecified atom stereocenters. The van der Waals surface area contributed by atoms with E-state index < -0.39 is 21.9 Å². The van der Waals surface area contributed by atoms with Gasteiger partial charge < -0.3 is 4.90 Å². The van der Waals surface area contributed by atoms with E-state index in [-0.39, 0.29) is 5.82 Å². The fourth-order valence-electron chi connectivity index (χ4n) is 2.34. The lowest BCUT2D eigenvalue weighted by Crippen LogP contribution is -2.41. The van der Waals surface area contributed by atoms with Crippen LogP contribution in [-0.4, -0.2) is 21.1 Å². The molecule has 8 heteroatoms. The van der Waals surface area contributed by atoms with E-state index in [0.29, 0.717) is 6.54 Å². The highest BCUT2D eigenvalue weighted by Crippen LogP contribution is 2.22. The van der Waals surface area contributed by atoms with Crippen molar-refractivity contribution < 1.29 is 4.92 Å². The summed E-state index contributed by atoms with van der Waals surface area (Å²) in [6, 6.07) is 9.28. The van der Waals surface area contributed by atoms with E-state index in [4.69, 9.17) is 0 Å². The van der Waals surface area contributed by atoms with Gasteiger partial charge in [-0.05, 0) is 5.56 Å². The Morgan fingerprint density at radius 1 is 1.14 bits per heavy atom. The quantitative estimate of drug-likeness (QED) is 0.610. The Kier molecular flexibility index (Phi) is 4.11. The Balaban J connectivity index is 2.61. The average Bonchev–Trinajstić information content (AvgIpc) is 2.49. The third-order valence-corrected chi connectivity index (χ3v) is 3.42. The molecule has 0 atom stereocenters. The van der Waals surface area contributed by atoms with E-state index >= 15 is 0 Å². The fraction of sp³-hybridized carbons (Fsp3) is 0.286. The Morgan fingerprint density at radius 2 is 1.73 bits per heavy atom. The Bertz CT molecular complexity index is 823. The summed E-state index contributed by atoms with van der Waals surface area (Å²) in [5, 5.41) is 11.3. The molecule has 0 aliphatic heterocycles. The van der Waals surface area contributed by atoms with Gasteiger partial charge in [-0.15, -0.1) is 0 Å². The first-order chi connectivity index (χ1) is 10.3. The van der Waals surface area contributed by atoms with Crippen LogP contribution in [0, 0.1) is 10.1 Å². The van der Waals surface area contributed by atoms with Crippen molar-refractivity contribution in [2.75, 3.05) is 11.9 Å². The van der Waals surface area contributed by atoms with E-state index in [0.717, 1.165) is 14.7 Å². The molecule has 0 radical (unpaired) electrons. The highest BCUT2D eigenvalue weighted by molar-refractivity contribution is 5.56. The van der Waals surface area contributed by atoms with E-state index in [1.54, 1.807) is 7.05 Å². The number of nitrogens with zero attached hydrogens (tertiary/aromatic N) is 4. The zero-order valence-corrected chi connectivity index (χ0v) is 12.5. The molecule has 22 heavy (non-hydrogen) atoms. The lowest BCUT2D eigenvalue weighted by molar-refractivity contribution is -0.386. The van der Waals surface area contributed by atoms with Crippen LogP contribution in [0.25, 0.3) is 0 Å². The van der Waals surface area contributed by atoms with Crippen molar-refractivity contribution in [3.63, 3.8) is 0 Å². The van der Waals surface area contributed by atoms with Crippen molar-refractivity contribution in [2.24, 2.45) is 14.1 Å². The minimum absolute atomic E-state index is 0.0121. The van der Waals surface area contributed by atoms with Crippen LogP contribution in [0.3, 0.4) is 0 Å². The average molecular weight is 304 g/mol. The molecular weight excluding hydrogens is 288 g/mol. The van der Waals surface area contributed by atoms with Gasteiger partial charge >= 0.3 is 16.9 Å². The first-order valence-corrected chi connectivity index (χ1v) is 6.54. The molecule has 0 bridgehead atoms. The van der Waals surface area contributed by atoms with Gasteiger partial charge in [0.15, 0.2) is 5.82 Å². The monoisotopic (exact) mass is 304 g/mol. The number of nitro groups is 1. The molecule has 2 aromatic rings. The summed E-state index contributed by atoms with van der Waals surface area (Å²) in [6.45, 7) is 0.335. The Morgan fingerprint density at radius 3 is 2.27 bits per heavy atom. The van der Waals surface area contributed by atoms with Crippen LogP contribution < -0.4 is 16.1 Å². The van der Waals surface area contributed by atoms with Crippen LogP contribution in [0.4, 0.5) is 11.5 Å². The second kappa shape index (κ2) is 5.84. The molecule has 0 saturated carbocycles. The molecular formula is C14H16N4O4. The first-order valence-electron chi connectivity index (χ1n) is 6.54. The van der Waals surface area contributed by atoms with Crippen molar-refractivity contribution in [3.05, 3.63) is 66.8 Å². The highest BCUT2D eigenvalue weighted by Gasteiger charge is 2.28. The summed E-state index contributed by atoms with van der Waals surface area (Å²) in [5.41, 5.74) is -1.22. The SMILES string of the molecule is CN(Cc1ccccc1)c1c([N+](=O)[O-])c(=O)n(C)c(=O)n1C. The second-order valence-corrected chi connectivity index (χ2v) is 4.98. The van der Waals surface area contributed by atoms with Crippen LogP contribution in [0.2, 0.25) is 0 Å². The lowest BCUT2D eigenvalue weighted by atomic mass is 10.2. The third-order valence-electron chi connectivity index (χ3n) is 3.42. The number of anilines is 1. The van der Waals surface area contributed by atoms with Gasteiger partial charge in [-0.3, -0.25) is 24.0 Å². The van der Waals surface area contributed by atoms with Gasteiger partial charge in [0.25, 0.3) is 0 Å². The molecule has 116 valence electrons. The lowest BCUT2D eigenvalue weighted by Gasteiger charge is -2.21. The summed E-state index contributed by atoms with van der Waals surface area (Å²) < 4.78 is 1.85. The minimum Gasteiger partial charge on any atom is -0.351 e. The van der Waals surface area contributed by atoms with Gasteiger partial charge in [0.1, 0.15) is 0 Å². The molecule has 2 rings (SSSR count). The highest BCUT2D eigenvalue weighted by atomic mass is 16.6. The van der Waals surface area contributed by atoms with Gasteiger partial charge in [-0.25, -0.2) is 4.79 Å². The van der Waals surface area contributed by atoms with Crippen LogP contribution in [0.15, 0.2) is 39.9 Å². The van der Waals surface area contributed by atoms with Crippen molar-refractivity contribution in [3.8, 4) is 0 Å². The standard InChI is InChI=1S/C14H16N4O4/c1-15(9-10-7-5-4-6-8-10)12-11(18(21)22)13(19)17(3)14(20)16(12)2/h4-8H,9H2,1-3H3. The second-order valence-electron chi connectivity index (χ2n) is 4.98.